The predicted octanol–water partition coefficient (Wildman–Crippen LogP) is 2.53. The maximum Gasteiger partial charge on any atom is 0.147 e. The molecule has 5 heteroatoms. The van der Waals surface area contributed by atoms with E-state index in [9.17, 15) is 0 Å². The first-order chi connectivity index (χ1) is 9.67. The van der Waals surface area contributed by atoms with Crippen molar-refractivity contribution in [1.82, 2.24) is 19.7 Å². The van der Waals surface area contributed by atoms with Crippen molar-refractivity contribution in [2.24, 2.45) is 0 Å². The number of nitrogens with zero attached hydrogens (tertiary/aromatic N) is 4. The van der Waals surface area contributed by atoms with Crippen LogP contribution in [0.5, 0.6) is 0 Å². The second kappa shape index (κ2) is 4.92. The first kappa shape index (κ1) is 12.6. The maximum atomic E-state index is 4.65. The Balaban J connectivity index is 2.07. The van der Waals surface area contributed by atoms with E-state index >= 15 is 0 Å². The van der Waals surface area contributed by atoms with Gasteiger partial charge in [-0.3, -0.25) is 0 Å². The molecule has 20 heavy (non-hydrogen) atoms. The van der Waals surface area contributed by atoms with Crippen LogP contribution in [0, 0.1) is 13.8 Å². The third-order valence-electron chi connectivity index (χ3n) is 3.32. The Kier molecular flexibility index (Phi) is 3.10. The molecule has 0 saturated carbocycles. The number of hydrogen-bond donors (Lipinski definition) is 1. The van der Waals surface area contributed by atoms with Gasteiger partial charge in [0, 0.05) is 18.0 Å². The highest BCUT2D eigenvalue weighted by Gasteiger charge is 2.09. The summed E-state index contributed by atoms with van der Waals surface area (Å²) in [4.78, 5) is 8.99. The summed E-state index contributed by atoms with van der Waals surface area (Å²) >= 11 is 0. The van der Waals surface area contributed by atoms with E-state index in [1.165, 1.54) is 0 Å². The Morgan fingerprint density at radius 2 is 1.95 bits per heavy atom. The number of anilines is 1. The van der Waals surface area contributed by atoms with Gasteiger partial charge >= 0.3 is 0 Å². The summed E-state index contributed by atoms with van der Waals surface area (Å²) in [5.41, 5.74) is 2.10. The average Bonchev–Trinajstić information content (AvgIpc) is 2.76. The zero-order valence-electron chi connectivity index (χ0n) is 11.9. The van der Waals surface area contributed by atoms with Gasteiger partial charge in [-0.25, -0.2) is 14.6 Å². The third kappa shape index (κ3) is 2.22. The summed E-state index contributed by atoms with van der Waals surface area (Å²) in [6, 6.07) is 10.3. The van der Waals surface area contributed by atoms with Crippen molar-refractivity contribution in [3.8, 4) is 0 Å². The van der Waals surface area contributed by atoms with E-state index in [2.05, 4.69) is 32.5 Å². The van der Waals surface area contributed by atoms with Gasteiger partial charge in [-0.2, -0.15) is 5.10 Å². The molecule has 1 N–H and O–H groups in total. The smallest absolute Gasteiger partial charge is 0.147 e. The molecule has 1 aromatic carbocycles. The lowest BCUT2D eigenvalue weighted by Crippen LogP contribution is -2.08. The van der Waals surface area contributed by atoms with Gasteiger partial charge in [0.2, 0.25) is 0 Å². The fraction of sp³-hybridized carbons (Fsp3) is 0.267. The van der Waals surface area contributed by atoms with Crippen LogP contribution >= 0.6 is 0 Å². The zero-order chi connectivity index (χ0) is 14.1. The van der Waals surface area contributed by atoms with Crippen LogP contribution in [0.4, 0.5) is 5.82 Å². The topological polar surface area (TPSA) is 55.6 Å². The summed E-state index contributed by atoms with van der Waals surface area (Å²) in [6.07, 6.45) is 0. The molecule has 0 saturated heterocycles. The Hall–Kier alpha value is -2.43. The fourth-order valence-electron chi connectivity index (χ4n) is 2.37. The summed E-state index contributed by atoms with van der Waals surface area (Å²) in [6.45, 7) is 4.54. The largest absolute Gasteiger partial charge is 0.373 e. The van der Waals surface area contributed by atoms with Gasteiger partial charge in [0.1, 0.15) is 17.5 Å². The Bertz CT molecular complexity index is 760. The summed E-state index contributed by atoms with van der Waals surface area (Å²) in [5, 5.41) is 8.71. The highest BCUT2D eigenvalue weighted by molar-refractivity contribution is 5.81. The molecule has 3 aromatic rings. The summed E-state index contributed by atoms with van der Waals surface area (Å²) < 4.78 is 1.90. The minimum atomic E-state index is 0.667. The number of nitrogens with one attached hydrogen (secondary N) is 1. The van der Waals surface area contributed by atoms with Crippen molar-refractivity contribution < 1.29 is 0 Å². The fourth-order valence-corrected chi connectivity index (χ4v) is 2.37. The molecule has 0 radical (unpaired) electrons. The van der Waals surface area contributed by atoms with Crippen LogP contribution in [0.25, 0.3) is 10.9 Å². The lowest BCUT2D eigenvalue weighted by molar-refractivity contribution is 0.656. The van der Waals surface area contributed by atoms with Gasteiger partial charge in [-0.05, 0) is 26.0 Å². The van der Waals surface area contributed by atoms with Crippen LogP contribution in [-0.2, 0) is 6.54 Å². The molecule has 0 aliphatic carbocycles. The minimum absolute atomic E-state index is 0.667. The zero-order valence-corrected chi connectivity index (χ0v) is 11.9. The summed E-state index contributed by atoms with van der Waals surface area (Å²) in [7, 11) is 1.89. The molecule has 0 amide bonds. The van der Waals surface area contributed by atoms with Crippen molar-refractivity contribution >= 4 is 16.7 Å². The number of para-hydroxylation sites is 1. The second-order valence-corrected chi connectivity index (χ2v) is 4.80. The second-order valence-electron chi connectivity index (χ2n) is 4.80. The van der Waals surface area contributed by atoms with Gasteiger partial charge in [0.05, 0.1) is 12.1 Å². The molecule has 102 valence electrons. The number of benzene rings is 1. The Labute approximate surface area is 117 Å². The third-order valence-corrected chi connectivity index (χ3v) is 3.32. The average molecular weight is 267 g/mol. The van der Waals surface area contributed by atoms with Crippen LogP contribution in [0.15, 0.2) is 30.3 Å². The highest BCUT2D eigenvalue weighted by atomic mass is 15.3. The van der Waals surface area contributed by atoms with Crippen molar-refractivity contribution in [3.63, 3.8) is 0 Å². The van der Waals surface area contributed by atoms with E-state index in [4.69, 9.17) is 0 Å². The van der Waals surface area contributed by atoms with Crippen LogP contribution < -0.4 is 5.32 Å². The number of aryl methyl sites for hydroxylation is 2. The monoisotopic (exact) mass is 267 g/mol. The molecule has 0 aliphatic heterocycles. The SMILES string of the molecule is CNc1nc2ccccc2cc1Cn1nc(C)nc1C. The van der Waals surface area contributed by atoms with Crippen molar-refractivity contribution in [2.75, 3.05) is 12.4 Å². The molecule has 0 bridgehead atoms. The van der Waals surface area contributed by atoms with Crippen LogP contribution in [-0.4, -0.2) is 26.8 Å². The maximum absolute atomic E-state index is 4.65. The minimum Gasteiger partial charge on any atom is -0.373 e. The van der Waals surface area contributed by atoms with Gasteiger partial charge in [0.15, 0.2) is 0 Å². The number of aromatic nitrogens is 4. The number of fused-ring (bicyclic) bond motifs is 1. The van der Waals surface area contributed by atoms with Crippen LogP contribution in [0.1, 0.15) is 17.2 Å². The first-order valence-electron chi connectivity index (χ1n) is 6.62. The van der Waals surface area contributed by atoms with Gasteiger partial charge in [-0.15, -0.1) is 0 Å². The molecular weight excluding hydrogens is 250 g/mol. The standard InChI is InChI=1S/C15H17N5/c1-10-17-11(2)20(19-10)9-13-8-12-6-4-5-7-14(12)18-15(13)16-3/h4-8H,9H2,1-3H3,(H,16,18). The first-order valence-corrected chi connectivity index (χ1v) is 6.62. The number of rotatable bonds is 3. The molecule has 2 aromatic heterocycles. The Morgan fingerprint density at radius 1 is 1.15 bits per heavy atom. The summed E-state index contributed by atoms with van der Waals surface area (Å²) in [5.74, 6) is 2.59. The predicted molar refractivity (Wildman–Crippen MR) is 79.9 cm³/mol. The van der Waals surface area contributed by atoms with Crippen molar-refractivity contribution in [1.29, 1.82) is 0 Å². The molecule has 0 spiro atoms. The molecular formula is C15H17N5. The van der Waals surface area contributed by atoms with E-state index in [-0.39, 0.29) is 0 Å². The lowest BCUT2D eigenvalue weighted by Gasteiger charge is -2.10. The van der Waals surface area contributed by atoms with E-state index < -0.39 is 0 Å². The quantitative estimate of drug-likeness (QED) is 0.792. The molecule has 2 heterocycles. The Morgan fingerprint density at radius 3 is 2.65 bits per heavy atom. The number of hydrogen-bond acceptors (Lipinski definition) is 4. The normalized spacial score (nSPS) is 10.9. The molecule has 0 fully saturated rings. The molecule has 0 atom stereocenters. The van der Waals surface area contributed by atoms with E-state index in [0.717, 1.165) is 33.9 Å². The highest BCUT2D eigenvalue weighted by Crippen LogP contribution is 2.21. The molecule has 5 nitrogen and oxygen atoms in total. The van der Waals surface area contributed by atoms with Gasteiger partial charge in [-0.1, -0.05) is 18.2 Å². The van der Waals surface area contributed by atoms with E-state index in [1.807, 2.05) is 43.8 Å². The van der Waals surface area contributed by atoms with Gasteiger partial charge in [0.25, 0.3) is 0 Å². The van der Waals surface area contributed by atoms with E-state index in [0.29, 0.717) is 6.54 Å². The lowest BCUT2D eigenvalue weighted by atomic mass is 10.1. The van der Waals surface area contributed by atoms with Gasteiger partial charge < -0.3 is 5.32 Å². The van der Waals surface area contributed by atoms with Crippen LogP contribution in [0.2, 0.25) is 0 Å². The van der Waals surface area contributed by atoms with Crippen LogP contribution in [0.3, 0.4) is 0 Å². The molecule has 0 aliphatic rings. The number of pyridine rings is 1. The van der Waals surface area contributed by atoms with Crippen molar-refractivity contribution in [3.05, 3.63) is 47.5 Å². The molecule has 3 rings (SSSR count). The molecule has 0 unspecified atom stereocenters. The van der Waals surface area contributed by atoms with Crippen molar-refractivity contribution in [2.45, 2.75) is 20.4 Å². The van der Waals surface area contributed by atoms with E-state index in [1.54, 1.807) is 0 Å².